The Morgan fingerprint density at radius 2 is 1.92 bits per heavy atom. The Hall–Kier alpha value is -4.54. The van der Waals surface area contributed by atoms with Crippen LogP contribution in [0.1, 0.15) is 33.6 Å². The molecule has 0 radical (unpaired) electrons. The van der Waals surface area contributed by atoms with Gasteiger partial charge < -0.3 is 50.0 Å². The smallest absolute Gasteiger partial charge is 0.407 e. The van der Waals surface area contributed by atoms with Gasteiger partial charge in [0.25, 0.3) is 12.3 Å². The van der Waals surface area contributed by atoms with Gasteiger partial charge in [-0.2, -0.15) is 0 Å². The Labute approximate surface area is 282 Å². The van der Waals surface area contributed by atoms with Crippen molar-refractivity contribution in [1.82, 2.24) is 20.3 Å². The van der Waals surface area contributed by atoms with E-state index in [-0.39, 0.29) is 47.3 Å². The van der Waals surface area contributed by atoms with Crippen molar-refractivity contribution >= 4 is 39.2 Å². The average Bonchev–Trinajstić information content (AvgIpc) is 3.22. The van der Waals surface area contributed by atoms with Crippen LogP contribution in [0.15, 0.2) is 53.7 Å². The lowest BCUT2D eigenvalue weighted by Gasteiger charge is -2.30. The molecule has 0 bridgehead atoms. The third-order valence-electron chi connectivity index (χ3n) is 7.42. The summed E-state index contributed by atoms with van der Waals surface area (Å²) in [6, 6.07) is 8.52. The number of halogens is 3. The summed E-state index contributed by atoms with van der Waals surface area (Å²) in [5.41, 5.74) is -1.99. The first-order chi connectivity index (χ1) is 23.8. The Morgan fingerprint density at radius 1 is 1.12 bits per heavy atom. The van der Waals surface area contributed by atoms with Crippen molar-refractivity contribution in [1.29, 1.82) is 0 Å². The largest absolute Gasteiger partial charge is 0.488 e. The molecule has 1 amide bonds. The van der Waals surface area contributed by atoms with E-state index >= 15 is 0 Å². The van der Waals surface area contributed by atoms with Gasteiger partial charge in [-0.15, -0.1) is 0 Å². The monoisotopic (exact) mass is 723 g/mol. The van der Waals surface area contributed by atoms with Crippen LogP contribution >= 0.6 is 0 Å². The number of carbonyl (C=O) groups is 1. The second-order valence-corrected chi connectivity index (χ2v) is 12.4. The van der Waals surface area contributed by atoms with Crippen LogP contribution in [-0.4, -0.2) is 94.6 Å². The van der Waals surface area contributed by atoms with E-state index < -0.39 is 59.5 Å². The summed E-state index contributed by atoms with van der Waals surface area (Å²) >= 11 is 0. The van der Waals surface area contributed by atoms with Crippen LogP contribution in [0.5, 0.6) is 11.5 Å². The average molecular weight is 724 g/mol. The molecule has 266 valence electrons. The number of alkyl halides is 3. The molecule has 1 aromatic carbocycles. The summed E-state index contributed by atoms with van der Waals surface area (Å²) in [6.07, 6.45) is -8.53. The maximum atomic E-state index is 14.2. The molecule has 2 aliphatic heterocycles. The van der Waals surface area contributed by atoms with Crippen LogP contribution in [-0.2, 0) is 33.4 Å². The van der Waals surface area contributed by atoms with Crippen molar-refractivity contribution in [3.05, 3.63) is 71.2 Å². The van der Waals surface area contributed by atoms with E-state index in [1.807, 2.05) is 0 Å². The molecule has 4 aromatic rings. The molecule has 0 spiro atoms. The first-order valence-electron chi connectivity index (χ1n) is 14.7. The molecular weight excluding hydrogens is 695 g/mol. The number of ether oxygens (including phenoxy) is 4. The summed E-state index contributed by atoms with van der Waals surface area (Å²) in [6.45, 7) is -0.513. The topological polar surface area (TPSA) is 226 Å². The van der Waals surface area contributed by atoms with Gasteiger partial charge in [0.2, 0.25) is 18.1 Å². The van der Waals surface area contributed by atoms with Crippen LogP contribution < -0.4 is 19.7 Å². The highest BCUT2D eigenvalue weighted by atomic mass is 32.2. The third kappa shape index (κ3) is 7.76. The maximum Gasteiger partial charge on any atom is 0.407 e. The van der Waals surface area contributed by atoms with Gasteiger partial charge >= 0.3 is 6.16 Å². The number of nitrogens with zero attached hydrogens (tertiary/aromatic N) is 4. The van der Waals surface area contributed by atoms with Gasteiger partial charge in [-0.25, -0.2) is 23.1 Å². The summed E-state index contributed by atoms with van der Waals surface area (Å²) < 4.78 is 74.4. The molecule has 0 fully saturated rings. The van der Waals surface area contributed by atoms with Crippen LogP contribution in [0.3, 0.4) is 0 Å². The Morgan fingerprint density at radius 3 is 2.68 bits per heavy atom. The van der Waals surface area contributed by atoms with E-state index in [9.17, 15) is 32.4 Å². The number of hydrogen-bond donors (Lipinski definition) is 6. The first kappa shape index (κ1) is 35.3. The molecule has 6 N–H and O–H groups in total. The van der Waals surface area contributed by atoms with Crippen molar-refractivity contribution in [2.75, 3.05) is 24.7 Å². The molecule has 6 rings (SSSR count). The highest BCUT2D eigenvalue weighted by Gasteiger charge is 2.32. The van der Waals surface area contributed by atoms with Gasteiger partial charge in [0.15, 0.2) is 11.6 Å². The number of nitrogens with one attached hydrogen (secondary N) is 1. The van der Waals surface area contributed by atoms with E-state index in [4.69, 9.17) is 34.5 Å². The molecule has 3 aromatic heterocycles. The molecule has 0 saturated carbocycles. The number of rotatable bonds is 10. The second kappa shape index (κ2) is 14.4. The highest BCUT2D eigenvalue weighted by molar-refractivity contribution is 7.85. The van der Waals surface area contributed by atoms with Gasteiger partial charge in [0.1, 0.15) is 18.2 Å². The van der Waals surface area contributed by atoms with E-state index in [2.05, 4.69) is 20.0 Å². The number of carbonyl (C=O) groups excluding carboxylic acids is 1. The zero-order chi connectivity index (χ0) is 35.7. The van der Waals surface area contributed by atoms with E-state index in [1.54, 1.807) is 23.1 Å². The van der Waals surface area contributed by atoms with Crippen molar-refractivity contribution in [2.24, 2.45) is 0 Å². The van der Waals surface area contributed by atoms with Crippen molar-refractivity contribution in [3.63, 3.8) is 0 Å². The molecule has 4 unspecified atom stereocenters. The number of fused-ring (bicyclic) bond motifs is 3. The molecular formula is C30H28F3N5O11S. The quantitative estimate of drug-likeness (QED) is 0.125. The third-order valence-corrected chi connectivity index (χ3v) is 8.82. The number of aromatic nitrogens is 3. The molecule has 0 aliphatic carbocycles. The zero-order valence-electron chi connectivity index (χ0n) is 25.5. The number of pyridine rings is 3. The summed E-state index contributed by atoms with van der Waals surface area (Å²) in [4.78, 5) is 27.9. The van der Waals surface area contributed by atoms with Gasteiger partial charge in [-0.3, -0.25) is 18.7 Å². The van der Waals surface area contributed by atoms with Gasteiger partial charge in [0, 0.05) is 39.2 Å². The van der Waals surface area contributed by atoms with Crippen molar-refractivity contribution in [3.8, 4) is 11.5 Å². The Bertz CT molecular complexity index is 1940. The van der Waals surface area contributed by atoms with Crippen LogP contribution in [0.4, 0.5) is 24.8 Å². The van der Waals surface area contributed by atoms with Gasteiger partial charge in [0.05, 0.1) is 54.5 Å². The maximum absolute atomic E-state index is 14.2. The Kier molecular flexibility index (Phi) is 10.1. The lowest BCUT2D eigenvalue weighted by molar-refractivity contribution is -0.492. The highest BCUT2D eigenvalue weighted by Crippen LogP contribution is 2.37. The molecule has 4 atom stereocenters. The minimum absolute atomic E-state index is 0.102. The van der Waals surface area contributed by atoms with E-state index in [0.29, 0.717) is 34.8 Å². The van der Waals surface area contributed by atoms with Gasteiger partial charge in [-0.05, 0) is 30.3 Å². The van der Waals surface area contributed by atoms with E-state index in [1.165, 1.54) is 18.5 Å². The van der Waals surface area contributed by atoms with E-state index in [0.717, 1.165) is 12.1 Å². The molecule has 16 nitrogen and oxygen atoms in total. The summed E-state index contributed by atoms with van der Waals surface area (Å²) in [7, 11) is -2.31. The lowest BCUT2D eigenvalue weighted by atomic mass is 10.0. The number of amides is 1. The minimum Gasteiger partial charge on any atom is -0.488 e. The standard InChI is InChI=1S/C30H28F3N5O11S/c31-23-13-46-12-19-18(25(32)33)5-15(6-22(19)50(23)45)27(39)36-10-16-7-20-14(9-34-16)1-2-24(37-20)38-3-4-47-21-8-17(11-35-26(21)38)48-28(40)29(41)49-30(42,43)44/h1-2,5-9,11,23,25,28-29,40-44H,3-4,10,12-13H2,(H,36,39). The molecule has 50 heavy (non-hydrogen) atoms. The molecule has 20 heteroatoms. The minimum atomic E-state index is -3.72. The summed E-state index contributed by atoms with van der Waals surface area (Å²) in [5.74, 6) is 0.107. The SMILES string of the molecule is O=C(NCc1cc2nc(N3CCOc4cc(OC(O)C(O)OC(O)(O)O)cnc43)ccc2cn1)c1cc(C(F)F)c2c(c1)S(=O)C(F)COC2. The summed E-state index contributed by atoms with van der Waals surface area (Å²) in [5, 5.41) is 49.2. The fourth-order valence-electron chi connectivity index (χ4n) is 5.13. The molecule has 0 saturated heterocycles. The zero-order valence-corrected chi connectivity index (χ0v) is 26.3. The normalized spacial score (nSPS) is 18.9. The number of anilines is 2. The van der Waals surface area contributed by atoms with Gasteiger partial charge in [-0.1, -0.05) is 0 Å². The van der Waals surface area contributed by atoms with Crippen molar-refractivity contribution < 1.29 is 66.7 Å². The Balaban J connectivity index is 1.18. The molecule has 2 aliphatic rings. The fraction of sp³-hybridized carbons (Fsp3) is 0.333. The fourth-order valence-corrected chi connectivity index (χ4v) is 6.29. The predicted molar refractivity (Wildman–Crippen MR) is 163 cm³/mol. The first-order valence-corrected chi connectivity index (χ1v) is 15.9. The predicted octanol–water partition coefficient (Wildman–Crippen LogP) is 0.977. The number of benzene rings is 1. The lowest BCUT2D eigenvalue weighted by Crippen LogP contribution is -2.43. The second-order valence-electron chi connectivity index (χ2n) is 10.9. The van der Waals surface area contributed by atoms with Crippen LogP contribution in [0.25, 0.3) is 10.9 Å². The number of aliphatic hydroxyl groups excluding tert-OH is 2. The number of aliphatic hydroxyl groups is 5. The number of hydrogen-bond acceptors (Lipinski definition) is 15. The van der Waals surface area contributed by atoms with Crippen molar-refractivity contribution in [2.45, 2.75) is 48.7 Å². The van der Waals surface area contributed by atoms with Crippen LogP contribution in [0.2, 0.25) is 0 Å². The van der Waals surface area contributed by atoms with Crippen LogP contribution in [0, 0.1) is 0 Å². The molecule has 5 heterocycles.